The molecular weight excluding hydrogens is 288 g/mol. The molecule has 0 unspecified atom stereocenters. The smallest absolute Gasteiger partial charge is 0.192 e. The summed E-state index contributed by atoms with van der Waals surface area (Å²) in [6.07, 6.45) is 4.47. The molecule has 3 heteroatoms. The monoisotopic (exact) mass is 318 g/mol. The molecule has 1 fully saturated rings. The predicted octanol–water partition coefficient (Wildman–Crippen LogP) is 5.16. The molecule has 0 amide bonds. The van der Waals surface area contributed by atoms with E-state index in [1.54, 1.807) is 0 Å². The molecule has 2 rings (SSSR count). The standard InChI is InChI=1S/C19H30O2Si/c1-19(2,3)22(4,5)21-17-13-9-12-16(14-20)18(17)15-10-7-6-8-11-15/h6-8,10-11,14,16-18H,9,12-13H2,1-5H3/t16-,17+,18-/m1/s1. The lowest BCUT2D eigenvalue weighted by molar-refractivity contribution is -0.113. The minimum absolute atomic E-state index is 0.0888. The minimum Gasteiger partial charge on any atom is -0.413 e. The third-order valence-corrected chi connectivity index (χ3v) is 10.0. The Kier molecular flexibility index (Phi) is 5.28. The summed E-state index contributed by atoms with van der Waals surface area (Å²) in [6.45, 7) is 11.4. The molecule has 0 heterocycles. The molecule has 0 aliphatic heterocycles. The third kappa shape index (κ3) is 3.69. The lowest BCUT2D eigenvalue weighted by atomic mass is 9.74. The zero-order valence-electron chi connectivity index (χ0n) is 14.6. The first kappa shape index (κ1) is 17.4. The van der Waals surface area contributed by atoms with Crippen molar-refractivity contribution in [1.29, 1.82) is 0 Å². The van der Waals surface area contributed by atoms with E-state index in [1.807, 2.05) is 6.07 Å². The van der Waals surface area contributed by atoms with Gasteiger partial charge in [0.25, 0.3) is 0 Å². The van der Waals surface area contributed by atoms with Gasteiger partial charge in [-0.1, -0.05) is 57.5 Å². The molecule has 1 aromatic rings. The van der Waals surface area contributed by atoms with Crippen LogP contribution in [0.2, 0.25) is 18.1 Å². The average Bonchev–Trinajstić information content (AvgIpc) is 2.46. The number of hydrogen-bond donors (Lipinski definition) is 0. The number of hydrogen-bond acceptors (Lipinski definition) is 2. The average molecular weight is 319 g/mol. The summed E-state index contributed by atoms with van der Waals surface area (Å²) in [5, 5.41) is 0.197. The lowest BCUT2D eigenvalue weighted by Gasteiger charge is -2.44. The summed E-state index contributed by atoms with van der Waals surface area (Å²) in [5.74, 6) is 0.299. The van der Waals surface area contributed by atoms with Crippen molar-refractivity contribution in [1.82, 2.24) is 0 Å². The van der Waals surface area contributed by atoms with E-state index in [1.165, 1.54) is 5.56 Å². The van der Waals surface area contributed by atoms with Crippen molar-refractivity contribution in [2.75, 3.05) is 0 Å². The first-order chi connectivity index (χ1) is 10.3. The van der Waals surface area contributed by atoms with Crippen molar-refractivity contribution >= 4 is 14.6 Å². The van der Waals surface area contributed by atoms with Gasteiger partial charge in [-0.15, -0.1) is 0 Å². The maximum Gasteiger partial charge on any atom is 0.192 e. The molecule has 3 atom stereocenters. The van der Waals surface area contributed by atoms with Crippen LogP contribution in [0.4, 0.5) is 0 Å². The van der Waals surface area contributed by atoms with Crippen LogP contribution in [0.1, 0.15) is 51.5 Å². The van der Waals surface area contributed by atoms with E-state index < -0.39 is 8.32 Å². The quantitative estimate of drug-likeness (QED) is 0.566. The Morgan fingerprint density at radius 3 is 2.32 bits per heavy atom. The maximum atomic E-state index is 11.6. The topological polar surface area (TPSA) is 26.3 Å². The molecule has 0 saturated heterocycles. The normalized spacial score (nSPS) is 26.7. The van der Waals surface area contributed by atoms with Gasteiger partial charge in [-0.05, 0) is 36.5 Å². The van der Waals surface area contributed by atoms with Crippen molar-refractivity contribution in [2.24, 2.45) is 5.92 Å². The second kappa shape index (κ2) is 6.67. The number of benzene rings is 1. The van der Waals surface area contributed by atoms with Crippen LogP contribution in [-0.2, 0) is 9.22 Å². The van der Waals surface area contributed by atoms with Crippen LogP contribution < -0.4 is 0 Å². The highest BCUT2D eigenvalue weighted by Gasteiger charge is 2.43. The molecule has 2 nitrogen and oxygen atoms in total. The van der Waals surface area contributed by atoms with Gasteiger partial charge in [0, 0.05) is 11.8 Å². The number of carbonyl (C=O) groups is 1. The van der Waals surface area contributed by atoms with Gasteiger partial charge in [0.15, 0.2) is 8.32 Å². The van der Waals surface area contributed by atoms with Crippen LogP contribution in [0.5, 0.6) is 0 Å². The second-order valence-corrected chi connectivity index (χ2v) is 12.8. The summed E-state index contributed by atoms with van der Waals surface area (Å²) < 4.78 is 6.72. The molecule has 1 aromatic carbocycles. The molecular formula is C19H30O2Si. The molecule has 22 heavy (non-hydrogen) atoms. The fraction of sp³-hybridized carbons (Fsp3) is 0.632. The highest BCUT2D eigenvalue weighted by molar-refractivity contribution is 6.74. The largest absolute Gasteiger partial charge is 0.413 e. The summed E-state index contributed by atoms with van der Waals surface area (Å²) >= 11 is 0. The van der Waals surface area contributed by atoms with E-state index in [-0.39, 0.29) is 23.0 Å². The molecule has 0 spiro atoms. The first-order valence-corrected chi connectivity index (χ1v) is 11.3. The Bertz CT molecular complexity index is 490. The third-order valence-electron chi connectivity index (χ3n) is 5.50. The van der Waals surface area contributed by atoms with Gasteiger partial charge in [0.1, 0.15) is 6.29 Å². The molecule has 122 valence electrons. The Labute approximate surface area is 136 Å². The number of rotatable bonds is 4. The van der Waals surface area contributed by atoms with Crippen LogP contribution >= 0.6 is 0 Å². The SMILES string of the molecule is CC(C)(C)[Si](C)(C)O[C@H]1CCC[C@H](C=O)[C@H]1c1ccccc1. The molecule has 1 aliphatic rings. The van der Waals surface area contributed by atoms with Crippen molar-refractivity contribution < 1.29 is 9.22 Å². The van der Waals surface area contributed by atoms with Crippen molar-refractivity contribution in [3.8, 4) is 0 Å². The van der Waals surface area contributed by atoms with E-state index in [2.05, 4.69) is 58.1 Å². The Morgan fingerprint density at radius 2 is 1.77 bits per heavy atom. The zero-order valence-corrected chi connectivity index (χ0v) is 15.6. The maximum absolute atomic E-state index is 11.6. The highest BCUT2D eigenvalue weighted by Crippen LogP contribution is 2.44. The molecule has 0 N–H and O–H groups in total. The van der Waals surface area contributed by atoms with Crippen LogP contribution in [-0.4, -0.2) is 20.7 Å². The van der Waals surface area contributed by atoms with Crippen LogP contribution in [0.15, 0.2) is 30.3 Å². The molecule has 0 aromatic heterocycles. The minimum atomic E-state index is -1.83. The van der Waals surface area contributed by atoms with Gasteiger partial charge in [-0.2, -0.15) is 0 Å². The van der Waals surface area contributed by atoms with Crippen molar-refractivity contribution in [3.63, 3.8) is 0 Å². The first-order valence-electron chi connectivity index (χ1n) is 8.44. The fourth-order valence-corrected chi connectivity index (χ4v) is 4.54. The Hall–Kier alpha value is -0.933. The van der Waals surface area contributed by atoms with Crippen LogP contribution in [0.3, 0.4) is 0 Å². The van der Waals surface area contributed by atoms with Crippen molar-refractivity contribution in [2.45, 2.75) is 70.2 Å². The van der Waals surface area contributed by atoms with E-state index >= 15 is 0 Å². The number of carbonyl (C=O) groups excluding carboxylic acids is 1. The van der Waals surface area contributed by atoms with E-state index in [0.29, 0.717) is 0 Å². The van der Waals surface area contributed by atoms with E-state index in [4.69, 9.17) is 4.43 Å². The molecule has 0 radical (unpaired) electrons. The molecule has 1 saturated carbocycles. The lowest BCUT2D eigenvalue weighted by Crippen LogP contribution is -2.47. The summed E-state index contributed by atoms with van der Waals surface area (Å²) in [5.41, 5.74) is 1.25. The van der Waals surface area contributed by atoms with E-state index in [0.717, 1.165) is 25.5 Å². The van der Waals surface area contributed by atoms with Gasteiger partial charge >= 0.3 is 0 Å². The van der Waals surface area contributed by atoms with Crippen molar-refractivity contribution in [3.05, 3.63) is 35.9 Å². The van der Waals surface area contributed by atoms with Crippen LogP contribution in [0.25, 0.3) is 0 Å². The van der Waals surface area contributed by atoms with Crippen LogP contribution in [0, 0.1) is 5.92 Å². The van der Waals surface area contributed by atoms with Gasteiger partial charge in [0.05, 0.1) is 6.10 Å². The molecule has 1 aliphatic carbocycles. The number of aldehydes is 1. The van der Waals surface area contributed by atoms with Gasteiger partial charge in [-0.3, -0.25) is 0 Å². The van der Waals surface area contributed by atoms with Gasteiger partial charge in [0.2, 0.25) is 0 Å². The highest BCUT2D eigenvalue weighted by atomic mass is 28.4. The summed E-state index contributed by atoms with van der Waals surface area (Å²) in [7, 11) is -1.83. The fourth-order valence-electron chi connectivity index (χ4n) is 3.17. The molecule has 0 bridgehead atoms. The zero-order chi connectivity index (χ0) is 16.4. The predicted molar refractivity (Wildman–Crippen MR) is 94.7 cm³/mol. The second-order valence-electron chi connectivity index (χ2n) is 8.08. The van der Waals surface area contributed by atoms with E-state index in [9.17, 15) is 4.79 Å². The Balaban J connectivity index is 2.29. The summed E-state index contributed by atoms with van der Waals surface area (Å²) in [4.78, 5) is 11.6. The summed E-state index contributed by atoms with van der Waals surface area (Å²) in [6, 6.07) is 10.5. The van der Waals surface area contributed by atoms with Gasteiger partial charge in [-0.25, -0.2) is 0 Å². The Morgan fingerprint density at radius 1 is 1.14 bits per heavy atom. The van der Waals surface area contributed by atoms with Gasteiger partial charge < -0.3 is 9.22 Å².